The zero-order valence-corrected chi connectivity index (χ0v) is 16.4. The van der Waals surface area contributed by atoms with Crippen LogP contribution < -0.4 is 14.8 Å². The number of carbonyl (C=O) groups is 1. The molecule has 0 spiro atoms. The van der Waals surface area contributed by atoms with Gasteiger partial charge >= 0.3 is 6.18 Å². The van der Waals surface area contributed by atoms with E-state index in [4.69, 9.17) is 9.47 Å². The Morgan fingerprint density at radius 1 is 1.07 bits per heavy atom. The SMILES string of the molecule is CNC(=O)c1ccc(S(=O)(=O)Nc2cc(C(F)(F)F)ccc2OCCOC)cc1. The van der Waals surface area contributed by atoms with Crippen molar-refractivity contribution in [1.29, 1.82) is 0 Å². The highest BCUT2D eigenvalue weighted by Crippen LogP contribution is 2.36. The van der Waals surface area contributed by atoms with Crippen molar-refractivity contribution in [2.24, 2.45) is 0 Å². The van der Waals surface area contributed by atoms with Gasteiger partial charge in [-0.25, -0.2) is 8.42 Å². The highest BCUT2D eigenvalue weighted by atomic mass is 32.2. The van der Waals surface area contributed by atoms with Gasteiger partial charge in [0.05, 0.1) is 22.8 Å². The first-order valence-electron chi connectivity index (χ1n) is 8.26. The minimum absolute atomic E-state index is 0.0113. The highest BCUT2D eigenvalue weighted by Gasteiger charge is 2.32. The Labute approximate surface area is 165 Å². The van der Waals surface area contributed by atoms with E-state index in [1.54, 1.807) is 0 Å². The quantitative estimate of drug-likeness (QED) is 0.626. The molecule has 0 saturated carbocycles. The number of ether oxygens (including phenoxy) is 2. The Bertz CT molecular complexity index is 960. The zero-order valence-electron chi connectivity index (χ0n) is 15.5. The summed E-state index contributed by atoms with van der Waals surface area (Å²) in [5.74, 6) is -0.491. The fraction of sp³-hybridized carbons (Fsp3) is 0.278. The third-order valence-corrected chi connectivity index (χ3v) is 5.13. The van der Waals surface area contributed by atoms with Gasteiger partial charge < -0.3 is 14.8 Å². The standard InChI is InChI=1S/C18H19F3N2O5S/c1-22-17(24)12-3-6-14(7-4-12)29(25,26)23-15-11-13(18(19,20)21)5-8-16(15)28-10-9-27-2/h3-8,11,23H,9-10H2,1-2H3,(H,22,24). The Hall–Kier alpha value is -2.79. The Balaban J connectivity index is 2.37. The van der Waals surface area contributed by atoms with Gasteiger partial charge in [-0.15, -0.1) is 0 Å². The van der Waals surface area contributed by atoms with Crippen molar-refractivity contribution in [3.8, 4) is 5.75 Å². The van der Waals surface area contributed by atoms with E-state index in [2.05, 4.69) is 10.0 Å². The van der Waals surface area contributed by atoms with Gasteiger partial charge in [0.25, 0.3) is 15.9 Å². The van der Waals surface area contributed by atoms with Crippen molar-refractivity contribution in [2.45, 2.75) is 11.1 Å². The number of benzene rings is 2. The number of alkyl halides is 3. The summed E-state index contributed by atoms with van der Waals surface area (Å²) in [5.41, 5.74) is -1.18. The molecule has 0 unspecified atom stereocenters. The molecule has 2 aromatic carbocycles. The van der Waals surface area contributed by atoms with Crippen LogP contribution in [0.1, 0.15) is 15.9 Å². The van der Waals surface area contributed by atoms with Crippen LogP contribution in [0.3, 0.4) is 0 Å². The Morgan fingerprint density at radius 3 is 2.28 bits per heavy atom. The van der Waals surface area contributed by atoms with Crippen LogP contribution in [0, 0.1) is 0 Å². The van der Waals surface area contributed by atoms with Gasteiger partial charge in [-0.05, 0) is 42.5 Å². The highest BCUT2D eigenvalue weighted by molar-refractivity contribution is 7.92. The fourth-order valence-corrected chi connectivity index (χ4v) is 3.34. The largest absolute Gasteiger partial charge is 0.489 e. The van der Waals surface area contributed by atoms with E-state index in [1.165, 1.54) is 38.4 Å². The van der Waals surface area contributed by atoms with Gasteiger partial charge in [-0.2, -0.15) is 13.2 Å². The van der Waals surface area contributed by atoms with E-state index in [9.17, 15) is 26.4 Å². The number of hydrogen-bond donors (Lipinski definition) is 2. The number of methoxy groups -OCH3 is 1. The molecule has 7 nitrogen and oxygen atoms in total. The van der Waals surface area contributed by atoms with Crippen molar-refractivity contribution in [3.05, 3.63) is 53.6 Å². The van der Waals surface area contributed by atoms with Crippen LogP contribution in [-0.2, 0) is 20.9 Å². The lowest BCUT2D eigenvalue weighted by molar-refractivity contribution is -0.137. The molecule has 11 heteroatoms. The Morgan fingerprint density at radius 2 is 1.72 bits per heavy atom. The molecule has 0 aromatic heterocycles. The molecule has 0 atom stereocenters. The summed E-state index contributed by atoms with van der Waals surface area (Å²) in [6.45, 7) is 0.172. The predicted molar refractivity (Wildman–Crippen MR) is 99.5 cm³/mol. The molecule has 1 amide bonds. The monoisotopic (exact) mass is 432 g/mol. The van der Waals surface area contributed by atoms with Crippen molar-refractivity contribution in [2.75, 3.05) is 32.1 Å². The molecule has 0 heterocycles. The molecule has 0 bridgehead atoms. The van der Waals surface area contributed by atoms with Crippen LogP contribution in [0.25, 0.3) is 0 Å². The second-order valence-electron chi connectivity index (χ2n) is 5.76. The third kappa shape index (κ3) is 5.84. The maximum Gasteiger partial charge on any atom is 0.416 e. The lowest BCUT2D eigenvalue weighted by Crippen LogP contribution is -2.18. The van der Waals surface area contributed by atoms with Crippen molar-refractivity contribution in [3.63, 3.8) is 0 Å². The summed E-state index contributed by atoms with van der Waals surface area (Å²) in [7, 11) is -1.40. The first kappa shape index (κ1) is 22.5. The summed E-state index contributed by atoms with van der Waals surface area (Å²) < 4.78 is 76.6. The van der Waals surface area contributed by atoms with E-state index >= 15 is 0 Å². The van der Waals surface area contributed by atoms with E-state index in [-0.39, 0.29) is 35.1 Å². The number of sulfonamides is 1. The lowest BCUT2D eigenvalue weighted by atomic mass is 10.2. The van der Waals surface area contributed by atoms with E-state index < -0.39 is 27.7 Å². The van der Waals surface area contributed by atoms with E-state index in [0.29, 0.717) is 6.07 Å². The second-order valence-corrected chi connectivity index (χ2v) is 7.44. The topological polar surface area (TPSA) is 93.7 Å². The summed E-state index contributed by atoms with van der Waals surface area (Å²) in [6.07, 6.45) is -4.67. The third-order valence-electron chi connectivity index (χ3n) is 3.75. The van der Waals surface area contributed by atoms with Crippen molar-refractivity contribution < 1.29 is 35.9 Å². The number of amides is 1. The molecular formula is C18H19F3N2O5S. The minimum atomic E-state index is -4.67. The van der Waals surface area contributed by atoms with Gasteiger partial charge in [0.1, 0.15) is 12.4 Å². The first-order valence-corrected chi connectivity index (χ1v) is 9.74. The summed E-state index contributed by atoms with van der Waals surface area (Å²) >= 11 is 0. The smallest absolute Gasteiger partial charge is 0.416 e. The van der Waals surface area contributed by atoms with Gasteiger partial charge in [0.15, 0.2) is 0 Å². The number of nitrogens with one attached hydrogen (secondary N) is 2. The van der Waals surface area contributed by atoms with E-state index in [0.717, 1.165) is 12.1 Å². The number of anilines is 1. The number of rotatable bonds is 8. The second kappa shape index (κ2) is 9.14. The van der Waals surface area contributed by atoms with Crippen LogP contribution in [-0.4, -0.2) is 41.7 Å². The van der Waals surface area contributed by atoms with Gasteiger partial charge in [0.2, 0.25) is 0 Å². The number of halogens is 3. The molecule has 2 aromatic rings. The fourth-order valence-electron chi connectivity index (χ4n) is 2.28. The summed E-state index contributed by atoms with van der Waals surface area (Å²) in [6, 6.07) is 7.39. The van der Waals surface area contributed by atoms with Gasteiger partial charge in [-0.1, -0.05) is 0 Å². The van der Waals surface area contributed by atoms with Gasteiger partial charge in [-0.3, -0.25) is 9.52 Å². The molecule has 29 heavy (non-hydrogen) atoms. The minimum Gasteiger partial charge on any atom is -0.489 e. The molecule has 0 aliphatic heterocycles. The molecular weight excluding hydrogens is 413 g/mol. The van der Waals surface area contributed by atoms with Crippen molar-refractivity contribution >= 4 is 21.6 Å². The molecule has 0 radical (unpaired) electrons. The molecule has 0 saturated heterocycles. The maximum atomic E-state index is 13.0. The number of hydrogen-bond acceptors (Lipinski definition) is 5. The first-order chi connectivity index (χ1) is 13.6. The van der Waals surface area contributed by atoms with Crippen LogP contribution in [0.15, 0.2) is 47.4 Å². The van der Waals surface area contributed by atoms with Crippen LogP contribution in [0.4, 0.5) is 18.9 Å². The van der Waals surface area contributed by atoms with Crippen LogP contribution >= 0.6 is 0 Å². The molecule has 2 N–H and O–H groups in total. The molecule has 0 fully saturated rings. The molecule has 158 valence electrons. The van der Waals surface area contributed by atoms with Crippen LogP contribution in [0.5, 0.6) is 5.75 Å². The van der Waals surface area contributed by atoms with Crippen molar-refractivity contribution in [1.82, 2.24) is 5.32 Å². The van der Waals surface area contributed by atoms with Crippen LogP contribution in [0.2, 0.25) is 0 Å². The van der Waals surface area contributed by atoms with Gasteiger partial charge in [0, 0.05) is 19.7 Å². The lowest BCUT2D eigenvalue weighted by Gasteiger charge is -2.16. The summed E-state index contributed by atoms with van der Waals surface area (Å²) in [5, 5.41) is 2.39. The predicted octanol–water partition coefficient (Wildman–Crippen LogP) is 2.89. The average Bonchev–Trinajstić information content (AvgIpc) is 2.67. The molecule has 0 aliphatic carbocycles. The Kier molecular flexibility index (Phi) is 7.09. The normalized spacial score (nSPS) is 11.8. The average molecular weight is 432 g/mol. The number of carbonyl (C=O) groups excluding carboxylic acids is 1. The summed E-state index contributed by atoms with van der Waals surface area (Å²) in [4.78, 5) is 11.3. The maximum absolute atomic E-state index is 13.0. The molecule has 0 aliphatic rings. The molecule has 2 rings (SSSR count). The van der Waals surface area contributed by atoms with E-state index in [1.807, 2.05) is 0 Å². The zero-order chi connectivity index (χ0) is 21.7.